The topological polar surface area (TPSA) is 104 Å². The molecular formula is C25H22F2N6O3. The van der Waals surface area contributed by atoms with Crippen LogP contribution >= 0.6 is 0 Å². The van der Waals surface area contributed by atoms with Crippen LogP contribution in [0.5, 0.6) is 0 Å². The van der Waals surface area contributed by atoms with Gasteiger partial charge in [-0.1, -0.05) is 18.2 Å². The lowest BCUT2D eigenvalue weighted by molar-refractivity contribution is -0.0342. The maximum Gasteiger partial charge on any atom is 0.333 e. The Labute approximate surface area is 203 Å². The summed E-state index contributed by atoms with van der Waals surface area (Å²) in [5.74, 6) is -1.16. The van der Waals surface area contributed by atoms with E-state index in [1.807, 2.05) is 12.1 Å². The molecule has 2 atom stereocenters. The Morgan fingerprint density at radius 3 is 2.56 bits per heavy atom. The maximum absolute atomic E-state index is 14.9. The Bertz CT molecular complexity index is 1560. The van der Waals surface area contributed by atoms with E-state index in [-0.39, 0.29) is 12.1 Å². The molecule has 0 saturated heterocycles. The van der Waals surface area contributed by atoms with Crippen LogP contribution in [0.25, 0.3) is 16.9 Å². The fourth-order valence-electron chi connectivity index (χ4n) is 4.24. The van der Waals surface area contributed by atoms with Crippen molar-refractivity contribution in [2.75, 3.05) is 0 Å². The fraction of sp³-hybridized carbons (Fsp3) is 0.200. The molecule has 0 aliphatic heterocycles. The number of aryl methyl sites for hydroxylation is 1. The molecule has 9 nitrogen and oxygen atoms in total. The van der Waals surface area contributed by atoms with Crippen molar-refractivity contribution in [1.29, 1.82) is 0 Å². The zero-order chi connectivity index (χ0) is 25.4. The molecule has 36 heavy (non-hydrogen) atoms. The minimum Gasteiger partial charge on any atom is -0.449 e. The standard InChI is InChI=1S/C25H22F2N6O3/c1-16(25(35,13-31-15-28-14-29-31)21-8-5-19(26)11-22(21)27)32-9-10-33(24(32)34)20-6-3-18(4-7-20)23-12-36-17(2)30-23/h3-12,14-16,35H,13H2,1-2H3. The van der Waals surface area contributed by atoms with Crippen LogP contribution in [-0.2, 0) is 12.1 Å². The molecule has 0 fully saturated rings. The second-order valence-corrected chi connectivity index (χ2v) is 8.47. The predicted molar refractivity (Wildman–Crippen MR) is 125 cm³/mol. The lowest BCUT2D eigenvalue weighted by atomic mass is 9.86. The van der Waals surface area contributed by atoms with Gasteiger partial charge in [0.1, 0.15) is 41.8 Å². The van der Waals surface area contributed by atoms with Crippen molar-refractivity contribution in [1.82, 2.24) is 28.9 Å². The summed E-state index contributed by atoms with van der Waals surface area (Å²) in [4.78, 5) is 21.5. The van der Waals surface area contributed by atoms with Gasteiger partial charge in [0.25, 0.3) is 0 Å². The van der Waals surface area contributed by atoms with Crippen molar-refractivity contribution in [3.8, 4) is 16.9 Å². The minimum atomic E-state index is -1.96. The molecule has 0 spiro atoms. The van der Waals surface area contributed by atoms with Crippen molar-refractivity contribution in [2.45, 2.75) is 32.0 Å². The van der Waals surface area contributed by atoms with Gasteiger partial charge < -0.3 is 9.52 Å². The van der Waals surface area contributed by atoms with Gasteiger partial charge in [-0.3, -0.25) is 9.13 Å². The number of aliphatic hydroxyl groups is 1. The number of oxazole rings is 1. The number of halogens is 2. The summed E-state index contributed by atoms with van der Waals surface area (Å²) in [7, 11) is 0. The fourth-order valence-corrected chi connectivity index (χ4v) is 4.24. The van der Waals surface area contributed by atoms with Crippen LogP contribution in [0.15, 0.2) is 83.0 Å². The Morgan fingerprint density at radius 1 is 1.14 bits per heavy atom. The van der Waals surface area contributed by atoms with E-state index in [0.29, 0.717) is 23.3 Å². The SMILES string of the molecule is Cc1nc(-c2ccc(-n3ccn(C(C)C(O)(Cn4cncn4)c4ccc(F)cc4F)c3=O)cc2)co1. The quantitative estimate of drug-likeness (QED) is 0.372. The number of aromatic nitrogens is 6. The third-order valence-electron chi connectivity index (χ3n) is 6.24. The van der Waals surface area contributed by atoms with E-state index < -0.39 is 29.0 Å². The van der Waals surface area contributed by atoms with Crippen LogP contribution < -0.4 is 5.69 Å². The lowest BCUT2D eigenvalue weighted by Gasteiger charge is -2.35. The zero-order valence-electron chi connectivity index (χ0n) is 19.4. The molecule has 11 heteroatoms. The Morgan fingerprint density at radius 2 is 1.92 bits per heavy atom. The largest absolute Gasteiger partial charge is 0.449 e. The molecule has 184 valence electrons. The van der Waals surface area contributed by atoms with Gasteiger partial charge in [0, 0.05) is 36.5 Å². The van der Waals surface area contributed by atoms with Crippen molar-refractivity contribution >= 4 is 0 Å². The summed E-state index contributed by atoms with van der Waals surface area (Å²) >= 11 is 0. The van der Waals surface area contributed by atoms with E-state index in [1.165, 1.54) is 38.7 Å². The Balaban J connectivity index is 1.52. The van der Waals surface area contributed by atoms with E-state index in [9.17, 15) is 18.7 Å². The van der Waals surface area contributed by atoms with Crippen molar-refractivity contribution in [3.05, 3.63) is 107 Å². The molecule has 0 aliphatic carbocycles. The first-order chi connectivity index (χ1) is 17.3. The molecule has 2 unspecified atom stereocenters. The van der Waals surface area contributed by atoms with E-state index in [2.05, 4.69) is 15.1 Å². The molecule has 5 rings (SSSR count). The molecule has 1 N–H and O–H groups in total. The van der Waals surface area contributed by atoms with Crippen LogP contribution in [-0.4, -0.2) is 34.0 Å². The first-order valence-corrected chi connectivity index (χ1v) is 11.1. The summed E-state index contributed by atoms with van der Waals surface area (Å²) in [6.45, 7) is 3.12. The second-order valence-electron chi connectivity index (χ2n) is 8.47. The number of hydrogen-bond acceptors (Lipinski definition) is 6. The molecule has 2 aromatic carbocycles. The smallest absolute Gasteiger partial charge is 0.333 e. The van der Waals surface area contributed by atoms with Crippen LogP contribution in [0.1, 0.15) is 24.4 Å². The Hall–Kier alpha value is -4.38. The first-order valence-electron chi connectivity index (χ1n) is 11.1. The molecule has 5 aromatic rings. The number of benzene rings is 2. The van der Waals surface area contributed by atoms with Crippen molar-refractivity contribution in [2.24, 2.45) is 0 Å². The monoisotopic (exact) mass is 492 g/mol. The average Bonchev–Trinajstić information content (AvgIpc) is 3.60. The normalized spacial score (nSPS) is 14.0. The third-order valence-corrected chi connectivity index (χ3v) is 6.24. The molecule has 0 bridgehead atoms. The van der Waals surface area contributed by atoms with Gasteiger partial charge in [-0.25, -0.2) is 28.2 Å². The lowest BCUT2D eigenvalue weighted by Crippen LogP contribution is -2.43. The molecule has 0 saturated carbocycles. The highest BCUT2D eigenvalue weighted by Crippen LogP contribution is 2.36. The highest BCUT2D eigenvalue weighted by atomic mass is 19.1. The maximum atomic E-state index is 14.9. The summed E-state index contributed by atoms with van der Waals surface area (Å²) in [5, 5.41) is 15.8. The minimum absolute atomic E-state index is 0.168. The number of nitrogens with zero attached hydrogens (tertiary/aromatic N) is 6. The van der Waals surface area contributed by atoms with Crippen LogP contribution in [0.4, 0.5) is 8.78 Å². The van der Waals surface area contributed by atoms with Gasteiger partial charge in [0.15, 0.2) is 5.89 Å². The van der Waals surface area contributed by atoms with Gasteiger partial charge in [-0.05, 0) is 25.1 Å². The van der Waals surface area contributed by atoms with Gasteiger partial charge >= 0.3 is 5.69 Å². The van der Waals surface area contributed by atoms with E-state index in [0.717, 1.165) is 11.6 Å². The highest BCUT2D eigenvalue weighted by molar-refractivity contribution is 5.59. The molecule has 0 amide bonds. The molecule has 0 radical (unpaired) electrons. The number of imidazole rings is 1. The summed E-state index contributed by atoms with van der Waals surface area (Å²) in [5.41, 5.74) is -0.494. The van der Waals surface area contributed by atoms with Crippen LogP contribution in [0.2, 0.25) is 0 Å². The van der Waals surface area contributed by atoms with Crippen LogP contribution in [0, 0.1) is 18.6 Å². The van der Waals surface area contributed by atoms with Gasteiger partial charge in [0.05, 0.1) is 18.3 Å². The summed E-state index contributed by atoms with van der Waals surface area (Å²) in [6.07, 6.45) is 7.27. The van der Waals surface area contributed by atoms with E-state index in [1.54, 1.807) is 38.4 Å². The Kier molecular flexibility index (Phi) is 5.84. The van der Waals surface area contributed by atoms with Gasteiger partial charge in [-0.2, -0.15) is 5.10 Å². The van der Waals surface area contributed by atoms with Crippen molar-refractivity contribution < 1.29 is 18.3 Å². The second kappa shape index (κ2) is 9.00. The number of hydrogen-bond donors (Lipinski definition) is 1. The summed E-state index contributed by atoms with van der Waals surface area (Å²) < 4.78 is 37.7. The zero-order valence-corrected chi connectivity index (χ0v) is 19.4. The average molecular weight is 492 g/mol. The summed E-state index contributed by atoms with van der Waals surface area (Å²) in [6, 6.07) is 9.11. The predicted octanol–water partition coefficient (Wildman–Crippen LogP) is 3.62. The van der Waals surface area contributed by atoms with E-state index >= 15 is 0 Å². The molecule has 0 aliphatic rings. The van der Waals surface area contributed by atoms with Crippen molar-refractivity contribution in [3.63, 3.8) is 0 Å². The molecule has 3 aromatic heterocycles. The highest BCUT2D eigenvalue weighted by Gasteiger charge is 2.41. The first kappa shape index (κ1) is 23.4. The van der Waals surface area contributed by atoms with Crippen LogP contribution in [0.3, 0.4) is 0 Å². The molecule has 3 heterocycles. The van der Waals surface area contributed by atoms with Gasteiger partial charge in [0.2, 0.25) is 0 Å². The molecular weight excluding hydrogens is 470 g/mol. The third kappa shape index (κ3) is 4.13. The van der Waals surface area contributed by atoms with E-state index in [4.69, 9.17) is 4.42 Å². The number of rotatable bonds is 7. The van der Waals surface area contributed by atoms with Gasteiger partial charge in [-0.15, -0.1) is 0 Å².